The van der Waals surface area contributed by atoms with Gasteiger partial charge in [0.1, 0.15) is 5.69 Å². The highest BCUT2D eigenvalue weighted by atomic mass is 16.5. The normalized spacial score (nSPS) is 14.3. The van der Waals surface area contributed by atoms with E-state index in [9.17, 15) is 9.59 Å². The molecule has 0 unspecified atom stereocenters. The van der Waals surface area contributed by atoms with Gasteiger partial charge in [0.05, 0.1) is 28.6 Å². The van der Waals surface area contributed by atoms with Crippen LogP contribution in [0.5, 0.6) is 0 Å². The van der Waals surface area contributed by atoms with Crippen molar-refractivity contribution >= 4 is 22.8 Å². The second kappa shape index (κ2) is 7.63. The van der Waals surface area contributed by atoms with Crippen molar-refractivity contribution in [1.29, 1.82) is 0 Å². The molecule has 1 aliphatic rings. The van der Waals surface area contributed by atoms with E-state index < -0.39 is 0 Å². The molecule has 2 amide bonds. The molecule has 0 saturated carbocycles. The molecule has 0 atom stereocenters. The van der Waals surface area contributed by atoms with E-state index in [1.54, 1.807) is 59.0 Å². The minimum atomic E-state index is -0.216. The van der Waals surface area contributed by atoms with Gasteiger partial charge in [0.15, 0.2) is 11.4 Å². The van der Waals surface area contributed by atoms with Crippen molar-refractivity contribution in [2.75, 3.05) is 26.2 Å². The number of pyridine rings is 1. The molecule has 1 fully saturated rings. The van der Waals surface area contributed by atoms with Crippen LogP contribution < -0.4 is 0 Å². The first-order valence-corrected chi connectivity index (χ1v) is 10.3. The Morgan fingerprint density at radius 3 is 2.38 bits per heavy atom. The highest BCUT2D eigenvalue weighted by molar-refractivity contribution is 6.07. The van der Waals surface area contributed by atoms with Gasteiger partial charge in [-0.25, -0.2) is 4.98 Å². The van der Waals surface area contributed by atoms with Gasteiger partial charge in [0.2, 0.25) is 5.76 Å². The first kappa shape index (κ1) is 20.0. The fraction of sp³-hybridized carbons (Fsp3) is 0.318. The summed E-state index contributed by atoms with van der Waals surface area (Å²) in [5.41, 5.74) is 3.11. The fourth-order valence-corrected chi connectivity index (χ4v) is 4.07. The number of carbonyl (C=O) groups is 2. The third-order valence-corrected chi connectivity index (χ3v) is 5.67. The number of nitrogens with zero attached hydrogens (tertiary/aromatic N) is 6. The molecule has 10 heteroatoms. The van der Waals surface area contributed by atoms with E-state index in [1.807, 2.05) is 6.92 Å². The van der Waals surface area contributed by atoms with E-state index in [1.165, 1.54) is 0 Å². The molecule has 1 saturated heterocycles. The Morgan fingerprint density at radius 2 is 1.75 bits per heavy atom. The van der Waals surface area contributed by atoms with Crippen LogP contribution in [0.2, 0.25) is 0 Å². The maximum absolute atomic E-state index is 13.5. The van der Waals surface area contributed by atoms with Crippen molar-refractivity contribution < 1.29 is 18.5 Å². The minimum Gasteiger partial charge on any atom is -0.463 e. The van der Waals surface area contributed by atoms with Gasteiger partial charge in [0.25, 0.3) is 11.8 Å². The summed E-state index contributed by atoms with van der Waals surface area (Å²) in [7, 11) is 1.80. The number of aryl methyl sites for hydroxylation is 3. The van der Waals surface area contributed by atoms with Gasteiger partial charge >= 0.3 is 0 Å². The molecule has 10 nitrogen and oxygen atoms in total. The van der Waals surface area contributed by atoms with Crippen LogP contribution in [0.3, 0.4) is 0 Å². The van der Waals surface area contributed by atoms with Crippen LogP contribution in [0.4, 0.5) is 0 Å². The van der Waals surface area contributed by atoms with E-state index in [0.29, 0.717) is 54.5 Å². The number of carbonyl (C=O) groups excluding carboxylic acids is 2. The number of hydrogen-bond donors (Lipinski definition) is 0. The van der Waals surface area contributed by atoms with Gasteiger partial charge in [-0.05, 0) is 32.0 Å². The standard InChI is InChI=1S/C22H22N6O4/c1-13-11-18(32-25-13)22(30)28-8-6-27(7-9-28)21(29)15-12-16(17-5-4-10-31-17)23-20-19(15)14(2)24-26(20)3/h4-5,10-12H,6-9H2,1-3H3. The molecule has 164 valence electrons. The lowest BCUT2D eigenvalue weighted by Gasteiger charge is -2.34. The Bertz CT molecular complexity index is 1310. The predicted octanol–water partition coefficient (Wildman–Crippen LogP) is 2.43. The Balaban J connectivity index is 1.42. The lowest BCUT2D eigenvalue weighted by molar-refractivity contribution is 0.0513. The maximum atomic E-state index is 13.5. The zero-order chi connectivity index (χ0) is 22.4. The molecule has 0 N–H and O–H groups in total. The van der Waals surface area contributed by atoms with Crippen molar-refractivity contribution in [3.63, 3.8) is 0 Å². The second-order valence-corrected chi connectivity index (χ2v) is 7.86. The summed E-state index contributed by atoms with van der Waals surface area (Å²) < 4.78 is 12.3. The average molecular weight is 434 g/mol. The van der Waals surface area contributed by atoms with Crippen LogP contribution in [0.25, 0.3) is 22.5 Å². The first-order valence-electron chi connectivity index (χ1n) is 10.3. The lowest BCUT2D eigenvalue weighted by atomic mass is 10.1. The molecule has 5 rings (SSSR count). The van der Waals surface area contributed by atoms with Crippen LogP contribution in [-0.2, 0) is 7.05 Å². The molecule has 4 aromatic heterocycles. The van der Waals surface area contributed by atoms with E-state index in [-0.39, 0.29) is 17.6 Å². The minimum absolute atomic E-state index is 0.121. The summed E-state index contributed by atoms with van der Waals surface area (Å²) in [5, 5.41) is 8.96. The summed E-state index contributed by atoms with van der Waals surface area (Å²) in [6, 6.07) is 6.96. The third-order valence-electron chi connectivity index (χ3n) is 5.67. The molecular weight excluding hydrogens is 412 g/mol. The number of hydrogen-bond acceptors (Lipinski definition) is 7. The monoisotopic (exact) mass is 434 g/mol. The first-order chi connectivity index (χ1) is 15.4. The SMILES string of the molecule is Cc1cc(C(=O)N2CCN(C(=O)c3cc(-c4ccco4)nc4c3c(C)nn4C)CC2)on1. The van der Waals surface area contributed by atoms with Crippen LogP contribution >= 0.6 is 0 Å². The van der Waals surface area contributed by atoms with E-state index in [2.05, 4.69) is 15.2 Å². The number of furan rings is 1. The van der Waals surface area contributed by atoms with Gasteiger partial charge in [-0.3, -0.25) is 14.3 Å². The Hall–Kier alpha value is -3.95. The van der Waals surface area contributed by atoms with Gasteiger partial charge in [-0.2, -0.15) is 5.10 Å². The summed E-state index contributed by atoms with van der Waals surface area (Å²) >= 11 is 0. The summed E-state index contributed by atoms with van der Waals surface area (Å²) in [6.07, 6.45) is 1.57. The smallest absolute Gasteiger partial charge is 0.292 e. The van der Waals surface area contributed by atoms with Crippen molar-refractivity contribution in [3.05, 3.63) is 53.2 Å². The van der Waals surface area contributed by atoms with Crippen LogP contribution in [0, 0.1) is 13.8 Å². The van der Waals surface area contributed by atoms with E-state index in [0.717, 1.165) is 11.1 Å². The Labute approximate surface area is 183 Å². The highest BCUT2D eigenvalue weighted by Crippen LogP contribution is 2.28. The largest absolute Gasteiger partial charge is 0.463 e. The molecule has 0 bridgehead atoms. The summed E-state index contributed by atoms with van der Waals surface area (Å²) in [6.45, 7) is 5.28. The lowest BCUT2D eigenvalue weighted by Crippen LogP contribution is -2.50. The number of amides is 2. The van der Waals surface area contributed by atoms with Gasteiger partial charge < -0.3 is 18.7 Å². The van der Waals surface area contributed by atoms with Crippen molar-refractivity contribution in [2.45, 2.75) is 13.8 Å². The van der Waals surface area contributed by atoms with Crippen LogP contribution in [-0.4, -0.2) is 67.7 Å². The quantitative estimate of drug-likeness (QED) is 0.487. The number of piperazine rings is 1. The molecule has 0 radical (unpaired) electrons. The Morgan fingerprint density at radius 1 is 1.03 bits per heavy atom. The number of fused-ring (bicyclic) bond motifs is 1. The van der Waals surface area contributed by atoms with Crippen molar-refractivity contribution in [1.82, 2.24) is 29.7 Å². The number of rotatable bonds is 3. The van der Waals surface area contributed by atoms with E-state index >= 15 is 0 Å². The molecular formula is C22H22N6O4. The summed E-state index contributed by atoms with van der Waals surface area (Å²) in [4.78, 5) is 34.3. The van der Waals surface area contributed by atoms with Gasteiger partial charge in [-0.15, -0.1) is 0 Å². The topological polar surface area (TPSA) is 110 Å². The number of aromatic nitrogens is 4. The fourth-order valence-electron chi connectivity index (χ4n) is 4.07. The predicted molar refractivity (Wildman–Crippen MR) is 114 cm³/mol. The molecule has 0 aliphatic carbocycles. The molecule has 32 heavy (non-hydrogen) atoms. The van der Waals surface area contributed by atoms with Gasteiger partial charge in [0, 0.05) is 39.3 Å². The van der Waals surface area contributed by atoms with Crippen molar-refractivity contribution in [3.8, 4) is 11.5 Å². The maximum Gasteiger partial charge on any atom is 0.292 e. The average Bonchev–Trinajstić information content (AvgIpc) is 3.54. The van der Waals surface area contributed by atoms with E-state index in [4.69, 9.17) is 8.94 Å². The van der Waals surface area contributed by atoms with Crippen LogP contribution in [0.1, 0.15) is 32.3 Å². The van der Waals surface area contributed by atoms with Gasteiger partial charge in [-0.1, -0.05) is 5.16 Å². The molecule has 1 aliphatic heterocycles. The second-order valence-electron chi connectivity index (χ2n) is 7.86. The third kappa shape index (κ3) is 3.33. The molecule has 0 aromatic carbocycles. The Kier molecular flexibility index (Phi) is 4.76. The van der Waals surface area contributed by atoms with Crippen LogP contribution in [0.15, 0.2) is 39.5 Å². The molecule has 5 heterocycles. The zero-order valence-corrected chi connectivity index (χ0v) is 18.0. The summed E-state index contributed by atoms with van der Waals surface area (Å²) in [5.74, 6) is 0.459. The van der Waals surface area contributed by atoms with Crippen molar-refractivity contribution in [2.24, 2.45) is 7.05 Å². The highest BCUT2D eigenvalue weighted by Gasteiger charge is 2.29. The molecule has 0 spiro atoms. The molecule has 4 aromatic rings. The zero-order valence-electron chi connectivity index (χ0n) is 18.0.